The largest absolute Gasteiger partial charge is 0.347 e. The fourth-order valence-electron chi connectivity index (χ4n) is 1.28. The Kier molecular flexibility index (Phi) is 5.58. The first-order chi connectivity index (χ1) is 8.32. The number of nitrogens with zero attached hydrogens (tertiary/aromatic N) is 2. The Morgan fingerprint density at radius 3 is 2.44 bits per heavy atom. The molecule has 1 aromatic rings. The maximum absolute atomic E-state index is 12.2. The van der Waals surface area contributed by atoms with E-state index >= 15 is 0 Å². The van der Waals surface area contributed by atoms with Crippen LogP contribution >= 0.6 is 38.5 Å². The SMILES string of the molecule is CN(C)C(=O)CN(C)C(=O)c1cc(Br)ccc1I. The zero-order valence-corrected chi connectivity index (χ0v) is 14.1. The number of benzene rings is 1. The van der Waals surface area contributed by atoms with Gasteiger partial charge in [0.2, 0.25) is 5.91 Å². The molecule has 6 heteroatoms. The van der Waals surface area contributed by atoms with Gasteiger partial charge in [0.05, 0.1) is 12.1 Å². The van der Waals surface area contributed by atoms with Crippen LogP contribution in [0.25, 0.3) is 0 Å². The van der Waals surface area contributed by atoms with Crippen LogP contribution in [0.1, 0.15) is 10.4 Å². The number of rotatable bonds is 3. The zero-order chi connectivity index (χ0) is 13.9. The summed E-state index contributed by atoms with van der Waals surface area (Å²) in [5, 5.41) is 0. The second-order valence-corrected chi connectivity index (χ2v) is 6.15. The van der Waals surface area contributed by atoms with Gasteiger partial charge in [-0.2, -0.15) is 0 Å². The van der Waals surface area contributed by atoms with E-state index in [1.165, 1.54) is 9.80 Å². The fraction of sp³-hybridized carbons (Fsp3) is 0.333. The van der Waals surface area contributed by atoms with E-state index in [-0.39, 0.29) is 18.4 Å². The molecule has 98 valence electrons. The molecule has 1 rings (SSSR count). The summed E-state index contributed by atoms with van der Waals surface area (Å²) in [4.78, 5) is 26.7. The average Bonchev–Trinajstić information content (AvgIpc) is 2.31. The van der Waals surface area contributed by atoms with Crippen LogP contribution in [0.5, 0.6) is 0 Å². The Bertz CT molecular complexity index is 477. The summed E-state index contributed by atoms with van der Waals surface area (Å²) in [6, 6.07) is 5.50. The third-order valence-electron chi connectivity index (χ3n) is 2.38. The van der Waals surface area contributed by atoms with E-state index in [2.05, 4.69) is 38.5 Å². The van der Waals surface area contributed by atoms with E-state index in [4.69, 9.17) is 0 Å². The first-order valence-corrected chi connectivity index (χ1v) is 7.10. The third-order valence-corrected chi connectivity index (χ3v) is 3.81. The number of likely N-dealkylation sites (N-methyl/N-ethyl adjacent to an activating group) is 2. The van der Waals surface area contributed by atoms with Gasteiger partial charge in [0.15, 0.2) is 0 Å². The van der Waals surface area contributed by atoms with Crippen molar-refractivity contribution < 1.29 is 9.59 Å². The molecule has 0 saturated carbocycles. The van der Waals surface area contributed by atoms with Crippen LogP contribution in [0.4, 0.5) is 0 Å². The summed E-state index contributed by atoms with van der Waals surface area (Å²) in [7, 11) is 4.97. The topological polar surface area (TPSA) is 40.6 Å². The van der Waals surface area contributed by atoms with Gasteiger partial charge >= 0.3 is 0 Å². The standard InChI is InChI=1S/C12H14BrIN2O2/c1-15(2)11(17)7-16(3)12(18)9-6-8(13)4-5-10(9)14/h4-6H,7H2,1-3H3. The Morgan fingerprint density at radius 1 is 1.28 bits per heavy atom. The number of halogens is 2. The van der Waals surface area contributed by atoms with Crippen LogP contribution in [-0.2, 0) is 4.79 Å². The van der Waals surface area contributed by atoms with Crippen LogP contribution in [0.15, 0.2) is 22.7 Å². The number of carbonyl (C=O) groups excluding carboxylic acids is 2. The molecule has 0 fully saturated rings. The molecule has 18 heavy (non-hydrogen) atoms. The van der Waals surface area contributed by atoms with E-state index in [1.54, 1.807) is 27.2 Å². The van der Waals surface area contributed by atoms with Crippen molar-refractivity contribution in [2.45, 2.75) is 0 Å². The first-order valence-electron chi connectivity index (χ1n) is 5.23. The van der Waals surface area contributed by atoms with Gasteiger partial charge in [0.1, 0.15) is 0 Å². The maximum Gasteiger partial charge on any atom is 0.255 e. The quantitative estimate of drug-likeness (QED) is 0.698. The highest BCUT2D eigenvalue weighted by atomic mass is 127. The molecule has 0 unspecified atom stereocenters. The Morgan fingerprint density at radius 2 is 1.89 bits per heavy atom. The molecular weight excluding hydrogens is 411 g/mol. The number of amides is 2. The first kappa shape index (κ1) is 15.4. The molecule has 0 heterocycles. The summed E-state index contributed by atoms with van der Waals surface area (Å²) < 4.78 is 1.71. The number of hydrogen-bond acceptors (Lipinski definition) is 2. The summed E-state index contributed by atoms with van der Waals surface area (Å²) in [5.74, 6) is -0.258. The van der Waals surface area contributed by atoms with E-state index in [0.29, 0.717) is 5.56 Å². The molecule has 4 nitrogen and oxygen atoms in total. The van der Waals surface area contributed by atoms with Gasteiger partial charge in [0.25, 0.3) is 5.91 Å². The second kappa shape index (κ2) is 6.51. The van der Waals surface area contributed by atoms with Gasteiger partial charge in [-0.1, -0.05) is 15.9 Å². The van der Waals surface area contributed by atoms with Gasteiger partial charge in [-0.25, -0.2) is 0 Å². The van der Waals surface area contributed by atoms with Crippen molar-refractivity contribution in [2.75, 3.05) is 27.7 Å². The summed E-state index contributed by atoms with van der Waals surface area (Å²) in [6.07, 6.45) is 0. The molecule has 0 aliphatic heterocycles. The third kappa shape index (κ3) is 3.94. The minimum atomic E-state index is -0.157. The van der Waals surface area contributed by atoms with Gasteiger partial charge in [0, 0.05) is 29.2 Å². The molecule has 0 atom stereocenters. The van der Waals surface area contributed by atoms with Crippen molar-refractivity contribution in [1.82, 2.24) is 9.80 Å². The molecule has 0 aliphatic carbocycles. The minimum absolute atomic E-state index is 0.0778. The van der Waals surface area contributed by atoms with Crippen LogP contribution in [0, 0.1) is 3.57 Å². The second-order valence-electron chi connectivity index (χ2n) is 4.07. The lowest BCUT2D eigenvalue weighted by atomic mass is 10.2. The molecule has 2 amide bonds. The highest BCUT2D eigenvalue weighted by Crippen LogP contribution is 2.19. The van der Waals surface area contributed by atoms with Crippen molar-refractivity contribution >= 4 is 50.3 Å². The van der Waals surface area contributed by atoms with Crippen LogP contribution < -0.4 is 0 Å². The van der Waals surface area contributed by atoms with Crippen molar-refractivity contribution in [2.24, 2.45) is 0 Å². The van der Waals surface area contributed by atoms with Gasteiger partial charge in [-0.3, -0.25) is 9.59 Å². The van der Waals surface area contributed by atoms with Crippen molar-refractivity contribution in [3.8, 4) is 0 Å². The molecule has 0 bridgehead atoms. The predicted molar refractivity (Wildman–Crippen MR) is 82.5 cm³/mol. The lowest BCUT2D eigenvalue weighted by Gasteiger charge is -2.20. The van der Waals surface area contributed by atoms with E-state index in [9.17, 15) is 9.59 Å². The molecule has 0 spiro atoms. The zero-order valence-electron chi connectivity index (χ0n) is 10.4. The Hall–Kier alpha value is -0.630. The molecule has 0 N–H and O–H groups in total. The van der Waals surface area contributed by atoms with Crippen molar-refractivity contribution in [1.29, 1.82) is 0 Å². The minimum Gasteiger partial charge on any atom is -0.347 e. The summed E-state index contributed by atoms with van der Waals surface area (Å²) >= 11 is 5.45. The van der Waals surface area contributed by atoms with Crippen LogP contribution in [0.2, 0.25) is 0 Å². The molecular formula is C12H14BrIN2O2. The number of carbonyl (C=O) groups is 2. The van der Waals surface area contributed by atoms with Gasteiger partial charge in [-0.15, -0.1) is 0 Å². The lowest BCUT2D eigenvalue weighted by molar-refractivity contribution is -0.129. The number of hydrogen-bond donors (Lipinski definition) is 0. The van der Waals surface area contributed by atoms with Gasteiger partial charge in [-0.05, 0) is 40.8 Å². The average molecular weight is 425 g/mol. The molecule has 0 saturated heterocycles. The maximum atomic E-state index is 12.2. The van der Waals surface area contributed by atoms with E-state index in [0.717, 1.165) is 8.04 Å². The normalized spacial score (nSPS) is 10.1. The van der Waals surface area contributed by atoms with Crippen molar-refractivity contribution in [3.05, 3.63) is 31.8 Å². The molecule has 0 radical (unpaired) electrons. The van der Waals surface area contributed by atoms with Crippen LogP contribution in [-0.4, -0.2) is 49.3 Å². The van der Waals surface area contributed by atoms with E-state index in [1.807, 2.05) is 12.1 Å². The summed E-state index contributed by atoms with van der Waals surface area (Å²) in [6.45, 7) is 0.0778. The molecule has 0 aromatic heterocycles. The Labute approximate surface area is 129 Å². The van der Waals surface area contributed by atoms with Crippen molar-refractivity contribution in [3.63, 3.8) is 0 Å². The Balaban J connectivity index is 2.87. The van der Waals surface area contributed by atoms with Crippen LogP contribution in [0.3, 0.4) is 0 Å². The van der Waals surface area contributed by atoms with E-state index < -0.39 is 0 Å². The highest BCUT2D eigenvalue weighted by Gasteiger charge is 2.18. The lowest BCUT2D eigenvalue weighted by Crippen LogP contribution is -2.38. The molecule has 1 aromatic carbocycles. The smallest absolute Gasteiger partial charge is 0.255 e. The fourth-order valence-corrected chi connectivity index (χ4v) is 2.21. The monoisotopic (exact) mass is 424 g/mol. The predicted octanol–water partition coefficient (Wildman–Crippen LogP) is 2.21. The summed E-state index contributed by atoms with van der Waals surface area (Å²) in [5.41, 5.74) is 0.596. The molecule has 0 aliphatic rings. The highest BCUT2D eigenvalue weighted by molar-refractivity contribution is 14.1. The van der Waals surface area contributed by atoms with Gasteiger partial charge < -0.3 is 9.80 Å².